The highest BCUT2D eigenvalue weighted by molar-refractivity contribution is 7.08. The third kappa shape index (κ3) is 5.35. The monoisotopic (exact) mass is 325 g/mol. The maximum Gasteiger partial charge on any atom is 0.490 e. The molecule has 9 heteroatoms. The summed E-state index contributed by atoms with van der Waals surface area (Å²) in [7, 11) is 0. The first kappa shape index (κ1) is 17.4. The van der Waals surface area contributed by atoms with Crippen LogP contribution in [0, 0.1) is 0 Å². The predicted octanol–water partition coefficient (Wildman–Crippen LogP) is 2.60. The van der Waals surface area contributed by atoms with Crippen LogP contribution < -0.4 is 0 Å². The number of nitrogens with zero attached hydrogens (tertiary/aromatic N) is 1. The van der Waals surface area contributed by atoms with Crippen molar-refractivity contribution in [1.29, 1.82) is 0 Å². The van der Waals surface area contributed by atoms with Gasteiger partial charge in [-0.2, -0.15) is 24.5 Å². The lowest BCUT2D eigenvalue weighted by atomic mass is 10.1. The molecular formula is C12H14F3NO4S. The van der Waals surface area contributed by atoms with E-state index in [1.807, 2.05) is 21.7 Å². The molecule has 0 spiro atoms. The smallest absolute Gasteiger partial charge is 0.480 e. The first-order valence-corrected chi connectivity index (χ1v) is 6.97. The molecule has 2 N–H and O–H groups in total. The first-order valence-electron chi connectivity index (χ1n) is 6.02. The van der Waals surface area contributed by atoms with Gasteiger partial charge < -0.3 is 10.2 Å². The molecule has 21 heavy (non-hydrogen) atoms. The summed E-state index contributed by atoms with van der Waals surface area (Å²) in [6.45, 7) is 1.82. The van der Waals surface area contributed by atoms with Gasteiger partial charge in [0.25, 0.3) is 0 Å². The molecule has 1 atom stereocenters. The number of likely N-dealkylation sites (tertiary alicyclic amines) is 1. The minimum atomic E-state index is -5.08. The summed E-state index contributed by atoms with van der Waals surface area (Å²) in [6.07, 6.45) is -2.85. The minimum Gasteiger partial charge on any atom is -0.480 e. The van der Waals surface area contributed by atoms with Crippen LogP contribution in [-0.2, 0) is 9.59 Å². The van der Waals surface area contributed by atoms with Crippen LogP contribution >= 0.6 is 11.3 Å². The molecule has 2 rings (SSSR count). The number of rotatable bonds is 3. The van der Waals surface area contributed by atoms with Crippen molar-refractivity contribution in [3.8, 4) is 0 Å². The van der Waals surface area contributed by atoms with E-state index in [2.05, 4.69) is 0 Å². The number of carbonyl (C=O) groups is 2. The summed E-state index contributed by atoms with van der Waals surface area (Å²) >= 11 is 1.55. The van der Waals surface area contributed by atoms with Crippen LogP contribution in [0.2, 0.25) is 0 Å². The molecular weight excluding hydrogens is 311 g/mol. The standard InChI is InChI=1S/C10H13NO2S.C2HF3O2/c12-10(13)9(8-3-6-14-7-8)11-4-1-2-5-11;3-2(4,5)1(6)7/h3,6-7,9H,1-2,4-5H2,(H,12,13);(H,6,7)/t9-;/m0./s1. The fourth-order valence-electron chi connectivity index (χ4n) is 1.94. The Bertz CT molecular complexity index is 469. The van der Waals surface area contributed by atoms with E-state index in [9.17, 15) is 18.0 Å². The number of hydrogen-bond donors (Lipinski definition) is 2. The zero-order chi connectivity index (χ0) is 16.0. The van der Waals surface area contributed by atoms with Gasteiger partial charge in [-0.15, -0.1) is 0 Å². The zero-order valence-corrected chi connectivity index (χ0v) is 11.7. The van der Waals surface area contributed by atoms with Gasteiger partial charge in [0.2, 0.25) is 0 Å². The summed E-state index contributed by atoms with van der Waals surface area (Å²) in [5, 5.41) is 20.2. The van der Waals surface area contributed by atoms with Crippen molar-refractivity contribution in [2.24, 2.45) is 0 Å². The lowest BCUT2D eigenvalue weighted by Gasteiger charge is -2.22. The van der Waals surface area contributed by atoms with E-state index < -0.39 is 24.2 Å². The zero-order valence-electron chi connectivity index (χ0n) is 10.8. The van der Waals surface area contributed by atoms with Crippen LogP contribution in [0.4, 0.5) is 13.2 Å². The van der Waals surface area contributed by atoms with Gasteiger partial charge in [-0.25, -0.2) is 4.79 Å². The molecule has 1 saturated heterocycles. The molecule has 0 aromatic carbocycles. The van der Waals surface area contributed by atoms with Gasteiger partial charge in [-0.05, 0) is 48.3 Å². The predicted molar refractivity (Wildman–Crippen MR) is 69.2 cm³/mol. The van der Waals surface area contributed by atoms with Gasteiger partial charge in [-0.3, -0.25) is 9.69 Å². The number of alkyl halides is 3. The summed E-state index contributed by atoms with van der Waals surface area (Å²) in [6, 6.07) is 1.48. The van der Waals surface area contributed by atoms with Gasteiger partial charge in [0.1, 0.15) is 6.04 Å². The van der Waals surface area contributed by atoms with E-state index in [0.717, 1.165) is 31.5 Å². The van der Waals surface area contributed by atoms with Crippen LogP contribution in [0.1, 0.15) is 24.4 Å². The summed E-state index contributed by atoms with van der Waals surface area (Å²) < 4.78 is 31.7. The number of aliphatic carboxylic acids is 2. The Kier molecular flexibility index (Phi) is 6.16. The summed E-state index contributed by atoms with van der Waals surface area (Å²) in [5.74, 6) is -3.49. The maximum atomic E-state index is 11.1. The fourth-order valence-corrected chi connectivity index (χ4v) is 2.62. The summed E-state index contributed by atoms with van der Waals surface area (Å²) in [5.41, 5.74) is 0.921. The van der Waals surface area contributed by atoms with Crippen molar-refractivity contribution in [3.05, 3.63) is 22.4 Å². The largest absolute Gasteiger partial charge is 0.490 e. The Morgan fingerprint density at radius 3 is 2.10 bits per heavy atom. The molecule has 2 heterocycles. The van der Waals surface area contributed by atoms with E-state index in [0.29, 0.717) is 0 Å². The second-order valence-electron chi connectivity index (χ2n) is 4.34. The number of thiophene rings is 1. The topological polar surface area (TPSA) is 77.8 Å². The quantitative estimate of drug-likeness (QED) is 0.893. The lowest BCUT2D eigenvalue weighted by molar-refractivity contribution is -0.192. The van der Waals surface area contributed by atoms with Gasteiger partial charge in [0.15, 0.2) is 0 Å². The normalized spacial score (nSPS) is 16.9. The molecule has 1 aromatic rings. The van der Waals surface area contributed by atoms with Gasteiger partial charge in [0.05, 0.1) is 0 Å². The molecule has 0 amide bonds. The van der Waals surface area contributed by atoms with Crippen molar-refractivity contribution in [2.75, 3.05) is 13.1 Å². The molecule has 0 unspecified atom stereocenters. The fraction of sp³-hybridized carbons (Fsp3) is 0.500. The molecule has 118 valence electrons. The Balaban J connectivity index is 0.000000270. The second-order valence-corrected chi connectivity index (χ2v) is 5.12. The summed E-state index contributed by atoms with van der Waals surface area (Å²) in [4.78, 5) is 22.1. The van der Waals surface area contributed by atoms with Crippen molar-refractivity contribution < 1.29 is 33.0 Å². The van der Waals surface area contributed by atoms with Crippen molar-refractivity contribution in [1.82, 2.24) is 4.90 Å². The van der Waals surface area contributed by atoms with Crippen molar-refractivity contribution in [2.45, 2.75) is 25.1 Å². The lowest BCUT2D eigenvalue weighted by Crippen LogP contribution is -2.31. The third-order valence-electron chi connectivity index (χ3n) is 2.84. The first-order chi connectivity index (χ1) is 9.73. The van der Waals surface area contributed by atoms with Crippen LogP contribution in [0.5, 0.6) is 0 Å². The number of carboxylic acids is 2. The van der Waals surface area contributed by atoms with Gasteiger partial charge in [0, 0.05) is 0 Å². The van der Waals surface area contributed by atoms with Crippen LogP contribution in [0.3, 0.4) is 0 Å². The van der Waals surface area contributed by atoms with E-state index in [4.69, 9.17) is 15.0 Å². The minimum absolute atomic E-state index is 0.427. The highest BCUT2D eigenvalue weighted by atomic mass is 32.1. The van der Waals surface area contributed by atoms with E-state index in [1.54, 1.807) is 11.3 Å². The average Bonchev–Trinajstić information content (AvgIpc) is 3.01. The van der Waals surface area contributed by atoms with Crippen molar-refractivity contribution in [3.63, 3.8) is 0 Å². The Morgan fingerprint density at radius 1 is 1.24 bits per heavy atom. The molecule has 0 radical (unpaired) electrons. The van der Waals surface area contributed by atoms with Crippen LogP contribution in [0.15, 0.2) is 16.8 Å². The van der Waals surface area contributed by atoms with Crippen molar-refractivity contribution >= 4 is 23.3 Å². The molecule has 0 bridgehead atoms. The number of carboxylic acid groups (broad SMARTS) is 2. The molecule has 0 saturated carbocycles. The van der Waals surface area contributed by atoms with Gasteiger partial charge >= 0.3 is 18.1 Å². The molecule has 1 aromatic heterocycles. The van der Waals surface area contributed by atoms with Crippen LogP contribution in [-0.4, -0.2) is 46.3 Å². The second kappa shape index (κ2) is 7.41. The van der Waals surface area contributed by atoms with Crippen LogP contribution in [0.25, 0.3) is 0 Å². The Morgan fingerprint density at radius 2 is 1.76 bits per heavy atom. The van der Waals surface area contributed by atoms with E-state index in [1.165, 1.54) is 0 Å². The highest BCUT2D eigenvalue weighted by Crippen LogP contribution is 2.26. The van der Waals surface area contributed by atoms with Gasteiger partial charge in [-0.1, -0.05) is 0 Å². The molecule has 5 nitrogen and oxygen atoms in total. The molecule has 1 aliphatic rings. The Labute approximate surface area is 122 Å². The number of halogens is 3. The number of hydrogen-bond acceptors (Lipinski definition) is 4. The van der Waals surface area contributed by atoms with E-state index in [-0.39, 0.29) is 0 Å². The molecule has 1 fully saturated rings. The highest BCUT2D eigenvalue weighted by Gasteiger charge is 2.38. The molecule has 1 aliphatic heterocycles. The maximum absolute atomic E-state index is 11.1. The molecule has 0 aliphatic carbocycles. The Hall–Kier alpha value is -1.61. The average molecular weight is 325 g/mol. The SMILES string of the molecule is O=C(O)C(F)(F)F.O=C(O)[C@H](c1ccsc1)N1CCCC1. The van der Waals surface area contributed by atoms with E-state index >= 15 is 0 Å². The third-order valence-corrected chi connectivity index (χ3v) is 3.54.